The molecule has 10 nitrogen and oxygen atoms in total. The van der Waals surface area contributed by atoms with Crippen LogP contribution in [0.4, 0.5) is 10.7 Å². The Morgan fingerprint density at radius 2 is 1.84 bits per heavy atom. The van der Waals surface area contributed by atoms with Gasteiger partial charge < -0.3 is 24.4 Å². The summed E-state index contributed by atoms with van der Waals surface area (Å²) in [6.45, 7) is 7.79. The van der Waals surface area contributed by atoms with Gasteiger partial charge in [0.2, 0.25) is 5.95 Å². The Morgan fingerprint density at radius 1 is 1.08 bits per heavy atom. The molecule has 2 saturated heterocycles. The van der Waals surface area contributed by atoms with Crippen molar-refractivity contribution >= 4 is 23.2 Å². The number of hydrogen-bond donors (Lipinski definition) is 1. The van der Waals surface area contributed by atoms with E-state index in [2.05, 4.69) is 10.2 Å². The number of amides is 1. The Hall–Kier alpha value is -3.40. The number of fused-ring (bicyclic) bond motifs is 1. The minimum atomic E-state index is -0.517. The summed E-state index contributed by atoms with van der Waals surface area (Å²) < 4.78 is 18.9. The second kappa shape index (κ2) is 10.5. The van der Waals surface area contributed by atoms with Gasteiger partial charge in [0.1, 0.15) is 28.8 Å². The lowest BCUT2D eigenvalue weighted by molar-refractivity contribution is -0.0298. The normalized spacial score (nSPS) is 19.1. The van der Waals surface area contributed by atoms with Crippen molar-refractivity contribution in [1.82, 2.24) is 24.8 Å². The van der Waals surface area contributed by atoms with E-state index in [4.69, 9.17) is 29.2 Å². The number of aromatic nitrogens is 4. The van der Waals surface area contributed by atoms with E-state index in [-0.39, 0.29) is 18.4 Å². The molecule has 37 heavy (non-hydrogen) atoms. The fourth-order valence-electron chi connectivity index (χ4n) is 4.85. The fourth-order valence-corrected chi connectivity index (χ4v) is 4.85. The van der Waals surface area contributed by atoms with Gasteiger partial charge in [-0.25, -0.2) is 14.8 Å². The standard InChI is InChI=1S/C27H36N6O4/c1-27(2,3)37-26(34)29-19-12-14-32(15-13-19)25-30-22(18-8-10-20(35-4)11-9-18)23-24(31-25)33(17-28-23)21-7-5-6-16-36-21/h8-11,17,19,21H,5-7,12-16H2,1-4H3,(H,29,34). The van der Waals surface area contributed by atoms with Crippen LogP contribution in [0, 0.1) is 0 Å². The maximum Gasteiger partial charge on any atom is 0.407 e. The van der Waals surface area contributed by atoms with Crippen molar-refractivity contribution < 1.29 is 19.0 Å². The number of alkyl carbamates (subject to hydrolysis) is 1. The van der Waals surface area contributed by atoms with Gasteiger partial charge in [0, 0.05) is 31.3 Å². The predicted octanol–water partition coefficient (Wildman–Crippen LogP) is 4.69. The van der Waals surface area contributed by atoms with Crippen LogP contribution in [0.5, 0.6) is 5.75 Å². The highest BCUT2D eigenvalue weighted by Gasteiger charge is 2.27. The van der Waals surface area contributed by atoms with Crippen LogP contribution < -0.4 is 15.0 Å². The van der Waals surface area contributed by atoms with E-state index in [0.717, 1.165) is 80.0 Å². The van der Waals surface area contributed by atoms with Crippen LogP contribution in [-0.4, -0.2) is 64.1 Å². The van der Waals surface area contributed by atoms with E-state index in [9.17, 15) is 4.79 Å². The van der Waals surface area contributed by atoms with Crippen LogP contribution in [0.15, 0.2) is 30.6 Å². The van der Waals surface area contributed by atoms with Gasteiger partial charge >= 0.3 is 6.09 Å². The summed E-state index contributed by atoms with van der Waals surface area (Å²) >= 11 is 0. The largest absolute Gasteiger partial charge is 0.497 e. The minimum Gasteiger partial charge on any atom is -0.497 e. The van der Waals surface area contributed by atoms with Gasteiger partial charge in [0.25, 0.3) is 0 Å². The number of hydrogen-bond acceptors (Lipinski definition) is 8. The van der Waals surface area contributed by atoms with Crippen LogP contribution in [0.3, 0.4) is 0 Å². The molecule has 0 aliphatic carbocycles. The number of carbonyl (C=O) groups excluding carboxylic acids is 1. The minimum absolute atomic E-state index is 0.0528. The van der Waals surface area contributed by atoms with Gasteiger partial charge in [-0.1, -0.05) is 0 Å². The summed E-state index contributed by atoms with van der Waals surface area (Å²) in [4.78, 5) is 29.1. The fraction of sp³-hybridized carbons (Fsp3) is 0.556. The van der Waals surface area contributed by atoms with E-state index in [1.807, 2.05) is 55.9 Å². The molecule has 1 amide bonds. The number of rotatable bonds is 5. The van der Waals surface area contributed by atoms with Crippen molar-refractivity contribution in [2.75, 3.05) is 31.7 Å². The van der Waals surface area contributed by atoms with Gasteiger partial charge in [-0.3, -0.25) is 4.57 Å². The first kappa shape index (κ1) is 25.3. The summed E-state index contributed by atoms with van der Waals surface area (Å²) in [5, 5.41) is 3.00. The third kappa shape index (κ3) is 5.79. The van der Waals surface area contributed by atoms with Crippen molar-refractivity contribution in [1.29, 1.82) is 0 Å². The lowest BCUT2D eigenvalue weighted by atomic mass is 10.1. The second-order valence-corrected chi connectivity index (χ2v) is 10.7. The Balaban J connectivity index is 1.42. The molecule has 2 aromatic heterocycles. The lowest BCUT2D eigenvalue weighted by Gasteiger charge is -2.33. The van der Waals surface area contributed by atoms with Gasteiger partial charge in [-0.15, -0.1) is 0 Å². The van der Waals surface area contributed by atoms with Crippen LogP contribution in [0.2, 0.25) is 0 Å². The molecule has 5 rings (SSSR count). The molecular formula is C27H36N6O4. The second-order valence-electron chi connectivity index (χ2n) is 10.7. The Bertz CT molecular complexity index is 1220. The van der Waals surface area contributed by atoms with Crippen LogP contribution in [-0.2, 0) is 9.47 Å². The molecule has 1 aromatic carbocycles. The SMILES string of the molecule is COc1ccc(-c2nc(N3CCC(NC(=O)OC(C)(C)C)CC3)nc3c2ncn3C2CCCCO2)cc1. The highest BCUT2D eigenvalue weighted by atomic mass is 16.6. The number of carbonyl (C=O) groups is 1. The summed E-state index contributed by atoms with van der Waals surface area (Å²) in [6, 6.07) is 7.91. The Morgan fingerprint density at radius 3 is 2.49 bits per heavy atom. The lowest BCUT2D eigenvalue weighted by Crippen LogP contribution is -2.46. The van der Waals surface area contributed by atoms with E-state index in [1.54, 1.807) is 7.11 Å². The van der Waals surface area contributed by atoms with E-state index in [0.29, 0.717) is 5.95 Å². The van der Waals surface area contributed by atoms with Gasteiger partial charge in [0.15, 0.2) is 5.65 Å². The summed E-state index contributed by atoms with van der Waals surface area (Å²) in [5.74, 6) is 1.45. The molecular weight excluding hydrogens is 472 g/mol. The van der Waals surface area contributed by atoms with E-state index in [1.165, 1.54) is 0 Å². The van der Waals surface area contributed by atoms with E-state index >= 15 is 0 Å². The predicted molar refractivity (Wildman–Crippen MR) is 141 cm³/mol. The van der Waals surface area contributed by atoms with Gasteiger partial charge in [-0.2, -0.15) is 4.98 Å². The summed E-state index contributed by atoms with van der Waals surface area (Å²) in [7, 11) is 1.66. The molecule has 2 fully saturated rings. The number of nitrogens with one attached hydrogen (secondary N) is 1. The van der Waals surface area contributed by atoms with Crippen molar-refractivity contribution in [3.8, 4) is 17.0 Å². The maximum atomic E-state index is 12.2. The first-order valence-electron chi connectivity index (χ1n) is 13.1. The van der Waals surface area contributed by atoms with Crippen LogP contribution in [0.1, 0.15) is 59.1 Å². The molecule has 10 heteroatoms. The molecule has 2 aliphatic rings. The quantitative estimate of drug-likeness (QED) is 0.529. The number of anilines is 1. The summed E-state index contributed by atoms with van der Waals surface area (Å²) in [5.41, 5.74) is 2.75. The molecule has 4 heterocycles. The topological polar surface area (TPSA) is 104 Å². The molecule has 0 bridgehead atoms. The number of nitrogens with zero attached hydrogens (tertiary/aromatic N) is 5. The number of methoxy groups -OCH3 is 1. The van der Waals surface area contributed by atoms with Gasteiger partial charge in [0.05, 0.1) is 13.4 Å². The Kier molecular flexibility index (Phi) is 7.19. The number of imidazole rings is 1. The summed E-state index contributed by atoms with van der Waals surface area (Å²) in [6.07, 6.45) is 6.06. The smallest absolute Gasteiger partial charge is 0.407 e. The number of piperidine rings is 1. The Labute approximate surface area is 217 Å². The highest BCUT2D eigenvalue weighted by Crippen LogP contribution is 2.32. The molecule has 1 atom stereocenters. The van der Waals surface area contributed by atoms with Crippen molar-refractivity contribution in [3.05, 3.63) is 30.6 Å². The number of benzene rings is 1. The molecule has 0 saturated carbocycles. The molecule has 0 spiro atoms. The average molecular weight is 509 g/mol. The maximum absolute atomic E-state index is 12.2. The first-order chi connectivity index (χ1) is 17.8. The van der Waals surface area contributed by atoms with Crippen molar-refractivity contribution in [3.63, 3.8) is 0 Å². The molecule has 3 aromatic rings. The molecule has 198 valence electrons. The zero-order valence-corrected chi connectivity index (χ0v) is 22.1. The molecule has 0 radical (unpaired) electrons. The van der Waals surface area contributed by atoms with Crippen LogP contribution in [0.25, 0.3) is 22.4 Å². The van der Waals surface area contributed by atoms with E-state index < -0.39 is 5.60 Å². The third-order valence-electron chi connectivity index (χ3n) is 6.74. The average Bonchev–Trinajstić information content (AvgIpc) is 3.32. The number of ether oxygens (including phenoxy) is 3. The van der Waals surface area contributed by atoms with Gasteiger partial charge in [-0.05, 0) is 77.1 Å². The molecule has 1 N–H and O–H groups in total. The first-order valence-corrected chi connectivity index (χ1v) is 13.1. The molecule has 2 aliphatic heterocycles. The zero-order valence-electron chi connectivity index (χ0n) is 22.1. The van der Waals surface area contributed by atoms with Crippen molar-refractivity contribution in [2.24, 2.45) is 0 Å². The van der Waals surface area contributed by atoms with Crippen molar-refractivity contribution in [2.45, 2.75) is 70.7 Å². The van der Waals surface area contributed by atoms with Crippen LogP contribution >= 0.6 is 0 Å². The third-order valence-corrected chi connectivity index (χ3v) is 6.74. The monoisotopic (exact) mass is 508 g/mol. The zero-order chi connectivity index (χ0) is 26.0. The molecule has 1 unspecified atom stereocenters. The highest BCUT2D eigenvalue weighted by molar-refractivity contribution is 5.88.